The van der Waals surface area contributed by atoms with E-state index in [0.717, 1.165) is 18.4 Å². The number of amides is 2. The van der Waals surface area contributed by atoms with Crippen molar-refractivity contribution in [1.82, 2.24) is 0 Å². The van der Waals surface area contributed by atoms with Gasteiger partial charge in [-0.25, -0.2) is 4.79 Å². The molecule has 38 heavy (non-hydrogen) atoms. The maximum atomic E-state index is 13.5. The second kappa shape index (κ2) is 9.35. The molecule has 0 radical (unpaired) electrons. The first-order valence-corrected chi connectivity index (χ1v) is 13.2. The van der Waals surface area contributed by atoms with Crippen LogP contribution in [0.25, 0.3) is 0 Å². The Labute approximate surface area is 221 Å². The van der Waals surface area contributed by atoms with Gasteiger partial charge >= 0.3 is 5.97 Å². The fourth-order valence-electron chi connectivity index (χ4n) is 6.78. The van der Waals surface area contributed by atoms with Crippen molar-refractivity contribution in [2.24, 2.45) is 23.7 Å². The zero-order valence-electron chi connectivity index (χ0n) is 21.4. The highest BCUT2D eigenvalue weighted by Crippen LogP contribution is 2.61. The standard InChI is InChI=1S/C32H29NO5/c1-18-8-10-21(11-9-18)29(34)19(2)38-32(37)22-12-14-24(15-13-22)33-30(35)27-23-16-25(20-6-4-3-5-7-20)26(17-23)28(27)31(33)36/h3-15,19,23,25-28H,16-17H2,1-2H3/t19-,23+,25+,26+,27-,28-/m0/s1. The minimum absolute atomic E-state index is 0.133. The predicted molar refractivity (Wildman–Crippen MR) is 142 cm³/mol. The predicted octanol–water partition coefficient (Wildman–Crippen LogP) is 5.35. The molecular weight excluding hydrogens is 478 g/mol. The van der Waals surface area contributed by atoms with Crippen molar-refractivity contribution >= 4 is 29.3 Å². The highest BCUT2D eigenvalue weighted by molar-refractivity contribution is 6.22. The monoisotopic (exact) mass is 507 g/mol. The van der Waals surface area contributed by atoms with E-state index < -0.39 is 12.1 Å². The van der Waals surface area contributed by atoms with Crippen molar-refractivity contribution < 1.29 is 23.9 Å². The SMILES string of the molecule is Cc1ccc(C(=O)[C@H](C)OC(=O)c2ccc(N3C(=O)[C@H]4[C@H]5C[C@@H]([C@@H]4C3=O)[C@@H](c3ccccc3)C5)cc2)cc1. The van der Waals surface area contributed by atoms with E-state index in [9.17, 15) is 19.2 Å². The van der Waals surface area contributed by atoms with Gasteiger partial charge in [0.25, 0.3) is 0 Å². The highest BCUT2D eigenvalue weighted by Gasteiger charge is 2.64. The Morgan fingerprint density at radius 3 is 2.13 bits per heavy atom. The Kier molecular flexibility index (Phi) is 5.98. The number of esters is 1. The van der Waals surface area contributed by atoms with Gasteiger partial charge in [-0.2, -0.15) is 0 Å². The Balaban J connectivity index is 1.15. The summed E-state index contributed by atoms with van der Waals surface area (Å²) in [7, 11) is 0. The van der Waals surface area contributed by atoms with Crippen LogP contribution in [0.15, 0.2) is 78.9 Å². The van der Waals surface area contributed by atoms with Crippen LogP contribution in [0.5, 0.6) is 0 Å². The Bertz CT molecular complexity index is 1410. The number of fused-ring (bicyclic) bond motifs is 5. The molecule has 6 heteroatoms. The summed E-state index contributed by atoms with van der Waals surface area (Å²) in [6, 6.07) is 23.7. The minimum Gasteiger partial charge on any atom is -0.451 e. The molecular formula is C32H29NO5. The van der Waals surface area contributed by atoms with Crippen LogP contribution in [0.4, 0.5) is 5.69 Å². The van der Waals surface area contributed by atoms with E-state index in [-0.39, 0.29) is 46.8 Å². The number of aryl methyl sites for hydroxylation is 1. The summed E-state index contributed by atoms with van der Waals surface area (Å²) in [6.07, 6.45) is 0.913. The van der Waals surface area contributed by atoms with Gasteiger partial charge in [0.15, 0.2) is 6.10 Å². The molecule has 3 aromatic carbocycles. The lowest BCUT2D eigenvalue weighted by atomic mass is 9.73. The molecule has 192 valence electrons. The molecule has 3 aromatic rings. The number of rotatable bonds is 6. The number of ether oxygens (including phenoxy) is 1. The van der Waals surface area contributed by atoms with Gasteiger partial charge in [-0.15, -0.1) is 0 Å². The van der Waals surface area contributed by atoms with Gasteiger partial charge in [0.1, 0.15) is 0 Å². The average Bonchev–Trinajstić information content (AvgIpc) is 3.60. The number of imide groups is 1. The first-order valence-electron chi connectivity index (χ1n) is 13.2. The number of carbonyl (C=O) groups is 4. The second-order valence-electron chi connectivity index (χ2n) is 10.8. The number of Topliss-reactive ketones (excluding diaryl/α,β-unsaturated/α-hetero) is 1. The molecule has 1 heterocycles. The van der Waals surface area contributed by atoms with Crippen LogP contribution in [0.3, 0.4) is 0 Å². The van der Waals surface area contributed by atoms with Crippen molar-refractivity contribution in [2.45, 2.75) is 38.7 Å². The summed E-state index contributed by atoms with van der Waals surface area (Å²) in [4.78, 5) is 53.6. The van der Waals surface area contributed by atoms with Gasteiger partial charge in [-0.05, 0) is 74.3 Å². The van der Waals surface area contributed by atoms with E-state index in [1.165, 1.54) is 22.6 Å². The first kappa shape index (κ1) is 24.3. The highest BCUT2D eigenvalue weighted by atomic mass is 16.5. The van der Waals surface area contributed by atoms with Gasteiger partial charge in [0.05, 0.1) is 23.1 Å². The summed E-state index contributed by atoms with van der Waals surface area (Å²) < 4.78 is 5.41. The smallest absolute Gasteiger partial charge is 0.338 e. The van der Waals surface area contributed by atoms with Crippen molar-refractivity contribution in [3.8, 4) is 0 Å². The van der Waals surface area contributed by atoms with Gasteiger partial charge in [0.2, 0.25) is 17.6 Å². The van der Waals surface area contributed by atoms with Crippen molar-refractivity contribution in [3.63, 3.8) is 0 Å². The van der Waals surface area contributed by atoms with E-state index in [1.807, 2.05) is 37.3 Å². The lowest BCUT2D eigenvalue weighted by Crippen LogP contribution is -2.33. The largest absolute Gasteiger partial charge is 0.451 e. The molecule has 1 aliphatic heterocycles. The fraction of sp³-hybridized carbons (Fsp3) is 0.312. The molecule has 0 N–H and O–H groups in total. The van der Waals surface area contributed by atoms with Gasteiger partial charge < -0.3 is 4.74 Å². The van der Waals surface area contributed by atoms with E-state index in [0.29, 0.717) is 17.2 Å². The molecule has 2 saturated carbocycles. The Hall–Kier alpha value is -4.06. The van der Waals surface area contributed by atoms with E-state index >= 15 is 0 Å². The lowest BCUT2D eigenvalue weighted by molar-refractivity contribution is -0.123. The number of hydrogen-bond donors (Lipinski definition) is 0. The minimum atomic E-state index is -0.945. The fourth-order valence-corrected chi connectivity index (χ4v) is 6.78. The van der Waals surface area contributed by atoms with Crippen LogP contribution in [-0.4, -0.2) is 29.7 Å². The van der Waals surface area contributed by atoms with E-state index in [4.69, 9.17) is 4.74 Å². The molecule has 6 nitrogen and oxygen atoms in total. The third-order valence-corrected chi connectivity index (χ3v) is 8.59. The molecule has 6 rings (SSSR count). The first-order chi connectivity index (χ1) is 18.3. The number of ketones is 1. The van der Waals surface area contributed by atoms with Crippen molar-refractivity contribution in [1.29, 1.82) is 0 Å². The number of hydrogen-bond acceptors (Lipinski definition) is 5. The zero-order chi connectivity index (χ0) is 26.6. The normalized spacial score (nSPS) is 26.4. The summed E-state index contributed by atoms with van der Waals surface area (Å²) >= 11 is 0. The molecule has 2 amide bonds. The van der Waals surface area contributed by atoms with Crippen LogP contribution in [-0.2, 0) is 14.3 Å². The second-order valence-corrected chi connectivity index (χ2v) is 10.8. The molecule has 3 aliphatic rings. The van der Waals surface area contributed by atoms with Crippen LogP contribution in [0.1, 0.15) is 57.5 Å². The summed E-state index contributed by atoms with van der Waals surface area (Å²) in [5, 5.41) is 0. The third kappa shape index (κ3) is 3.95. The maximum absolute atomic E-state index is 13.5. The number of nitrogens with zero attached hydrogens (tertiary/aromatic N) is 1. The average molecular weight is 508 g/mol. The zero-order valence-corrected chi connectivity index (χ0v) is 21.4. The number of carbonyl (C=O) groups excluding carboxylic acids is 4. The summed E-state index contributed by atoms with van der Waals surface area (Å²) in [5.41, 5.74) is 3.47. The van der Waals surface area contributed by atoms with Gasteiger partial charge in [0, 0.05) is 5.56 Å². The Morgan fingerprint density at radius 1 is 0.816 bits per heavy atom. The third-order valence-electron chi connectivity index (χ3n) is 8.59. The van der Waals surface area contributed by atoms with E-state index in [2.05, 4.69) is 12.1 Å². The van der Waals surface area contributed by atoms with Crippen LogP contribution >= 0.6 is 0 Å². The quantitative estimate of drug-likeness (QED) is 0.255. The van der Waals surface area contributed by atoms with Gasteiger partial charge in [-0.3, -0.25) is 19.3 Å². The summed E-state index contributed by atoms with van der Waals surface area (Å²) in [5.74, 6) is -1.03. The molecule has 0 spiro atoms. The van der Waals surface area contributed by atoms with Crippen LogP contribution in [0.2, 0.25) is 0 Å². The Morgan fingerprint density at radius 2 is 1.45 bits per heavy atom. The van der Waals surface area contributed by atoms with Crippen molar-refractivity contribution in [3.05, 3.63) is 101 Å². The molecule has 3 fully saturated rings. The van der Waals surface area contributed by atoms with Crippen LogP contribution < -0.4 is 4.90 Å². The lowest BCUT2D eigenvalue weighted by Gasteiger charge is -2.28. The van der Waals surface area contributed by atoms with Crippen molar-refractivity contribution in [2.75, 3.05) is 4.90 Å². The molecule has 2 bridgehead atoms. The molecule has 0 unspecified atom stereocenters. The molecule has 6 atom stereocenters. The topological polar surface area (TPSA) is 80.8 Å². The molecule has 2 aliphatic carbocycles. The van der Waals surface area contributed by atoms with E-state index in [1.54, 1.807) is 31.2 Å². The molecule has 0 aromatic heterocycles. The molecule has 1 saturated heterocycles. The maximum Gasteiger partial charge on any atom is 0.338 e. The van der Waals surface area contributed by atoms with Crippen LogP contribution in [0, 0.1) is 30.6 Å². The summed E-state index contributed by atoms with van der Waals surface area (Å²) in [6.45, 7) is 3.48. The van der Waals surface area contributed by atoms with Gasteiger partial charge in [-0.1, -0.05) is 60.2 Å². The number of anilines is 1. The number of benzene rings is 3.